The summed E-state index contributed by atoms with van der Waals surface area (Å²) in [7, 11) is 0. The third kappa shape index (κ3) is 5.56. The number of fused-ring (bicyclic) bond motifs is 11. The average Bonchev–Trinajstić information content (AvgIpc) is 3.87. The van der Waals surface area contributed by atoms with Crippen LogP contribution in [0.2, 0.25) is 0 Å². The third-order valence-corrected chi connectivity index (χ3v) is 15.4. The summed E-state index contributed by atoms with van der Waals surface area (Å²) in [5, 5.41) is 0. The molecule has 0 aromatic heterocycles. The van der Waals surface area contributed by atoms with Crippen LogP contribution in [0.5, 0.6) is 0 Å². The highest BCUT2D eigenvalue weighted by Gasteiger charge is 2.47. The van der Waals surface area contributed by atoms with Gasteiger partial charge in [0, 0.05) is 40.1 Å². The molecule has 2 aliphatic heterocycles. The molecule has 2 heteroatoms. The van der Waals surface area contributed by atoms with Crippen LogP contribution in [0.1, 0.15) is 88.7 Å². The Hall–Kier alpha value is -6.90. The SMILES string of the molecule is CC1(C)c2cc(/C=C/c3ccc4c(c3)C3(Cc5ccccc5C3)c3cc(N5C6=C(C=Cc7ccccc75)CCC=C6)ccc3-4)ccc2-c2ccc(N3CCCc4ccccc43)cc21. The van der Waals surface area contributed by atoms with Crippen molar-refractivity contribution in [2.24, 2.45) is 0 Å². The van der Waals surface area contributed by atoms with Gasteiger partial charge in [0.25, 0.3) is 0 Å². The van der Waals surface area contributed by atoms with Gasteiger partial charge in [-0.3, -0.25) is 0 Å². The molecule has 63 heavy (non-hydrogen) atoms. The highest BCUT2D eigenvalue weighted by Crippen LogP contribution is 2.57. The Morgan fingerprint density at radius 1 is 0.508 bits per heavy atom. The van der Waals surface area contributed by atoms with Crippen molar-refractivity contribution in [3.05, 3.63) is 231 Å². The molecular formula is C61H50N2. The first-order chi connectivity index (χ1) is 30.9. The van der Waals surface area contributed by atoms with Crippen molar-refractivity contribution in [1.29, 1.82) is 0 Å². The molecule has 0 N–H and O–H groups in total. The van der Waals surface area contributed by atoms with Crippen LogP contribution in [-0.2, 0) is 30.1 Å². The van der Waals surface area contributed by atoms with Gasteiger partial charge in [0.05, 0.1) is 5.69 Å². The largest absolute Gasteiger partial charge is 0.341 e. The summed E-state index contributed by atoms with van der Waals surface area (Å²) in [5.74, 6) is 0. The molecule has 0 fully saturated rings. The lowest BCUT2D eigenvalue weighted by molar-refractivity contribution is 0.563. The Balaban J connectivity index is 0.855. The fourth-order valence-electron chi connectivity index (χ4n) is 12.2. The zero-order chi connectivity index (χ0) is 41.9. The predicted molar refractivity (Wildman–Crippen MR) is 264 cm³/mol. The van der Waals surface area contributed by atoms with E-state index in [1.807, 2.05) is 0 Å². The minimum atomic E-state index is -0.129. The summed E-state index contributed by atoms with van der Waals surface area (Å²) >= 11 is 0. The summed E-state index contributed by atoms with van der Waals surface area (Å²) in [4.78, 5) is 5.05. The van der Waals surface area contributed by atoms with Crippen LogP contribution in [0.25, 0.3) is 40.5 Å². The molecule has 0 bridgehead atoms. The summed E-state index contributed by atoms with van der Waals surface area (Å²) in [5.41, 5.74) is 27.0. The van der Waals surface area contributed by atoms with E-state index in [1.165, 1.54) is 118 Å². The second kappa shape index (κ2) is 13.8. The zero-order valence-corrected chi connectivity index (χ0v) is 36.2. The van der Waals surface area contributed by atoms with Crippen LogP contribution in [0.4, 0.5) is 22.7 Å². The average molecular weight is 811 g/mol. The van der Waals surface area contributed by atoms with E-state index in [4.69, 9.17) is 0 Å². The van der Waals surface area contributed by atoms with Gasteiger partial charge in [-0.15, -0.1) is 0 Å². The first-order valence-electron chi connectivity index (χ1n) is 23.1. The second-order valence-electron chi connectivity index (χ2n) is 19.2. The van der Waals surface area contributed by atoms with Crippen molar-refractivity contribution < 1.29 is 0 Å². The molecule has 0 amide bonds. The Morgan fingerprint density at radius 2 is 1.10 bits per heavy atom. The lowest BCUT2D eigenvalue weighted by Crippen LogP contribution is -2.26. The molecule has 6 aliphatic rings. The molecule has 0 atom stereocenters. The van der Waals surface area contributed by atoms with Gasteiger partial charge in [-0.2, -0.15) is 0 Å². The highest BCUT2D eigenvalue weighted by atomic mass is 15.2. The van der Waals surface area contributed by atoms with Crippen molar-refractivity contribution in [2.75, 3.05) is 16.3 Å². The van der Waals surface area contributed by atoms with Gasteiger partial charge >= 0.3 is 0 Å². The van der Waals surface area contributed by atoms with Crippen LogP contribution in [-0.4, -0.2) is 6.54 Å². The molecule has 7 aromatic rings. The smallest absolute Gasteiger partial charge is 0.0534 e. The number of nitrogens with zero attached hydrogens (tertiary/aromatic N) is 2. The maximum absolute atomic E-state index is 2.55. The van der Waals surface area contributed by atoms with Crippen LogP contribution in [0, 0.1) is 0 Å². The molecule has 0 unspecified atom stereocenters. The molecule has 2 nitrogen and oxygen atoms in total. The van der Waals surface area contributed by atoms with Gasteiger partial charge in [0.1, 0.15) is 0 Å². The fourth-order valence-corrected chi connectivity index (χ4v) is 12.2. The number of benzene rings is 7. The van der Waals surface area contributed by atoms with Crippen LogP contribution < -0.4 is 9.80 Å². The number of hydrogen-bond acceptors (Lipinski definition) is 2. The first-order valence-corrected chi connectivity index (χ1v) is 23.1. The number of para-hydroxylation sites is 2. The first kappa shape index (κ1) is 36.7. The van der Waals surface area contributed by atoms with E-state index in [0.717, 1.165) is 38.6 Å². The molecule has 2 heterocycles. The standard InChI is InChI=1S/C61H50N2/c1-60(2)53-34-40(23-29-49(53)50-31-27-47(36-54(50)60)62-33-11-17-42-12-5-8-18-57(42)62)21-22-41-24-30-51-52-32-28-48(37-56(52)61(55(51)35-41)38-45-15-3-4-16-46(45)39-61)63-58-19-9-6-13-43(58)25-26-44-14-7-10-20-59(44)63/h3-6,8-10,12-13,15-16,18-32,34-37H,7,11,14,17,33,38-39H2,1-2H3/b22-21+. The lowest BCUT2D eigenvalue weighted by atomic mass is 9.75. The Bertz CT molecular complexity index is 3180. The lowest BCUT2D eigenvalue weighted by Gasteiger charge is -2.32. The number of rotatable bonds is 4. The van der Waals surface area contributed by atoms with Gasteiger partial charge in [-0.1, -0.05) is 153 Å². The molecule has 0 saturated carbocycles. The normalized spacial score (nSPS) is 17.8. The van der Waals surface area contributed by atoms with E-state index in [1.54, 1.807) is 0 Å². The summed E-state index contributed by atoms with van der Waals surface area (Å²) in [6.07, 6.45) is 20.5. The van der Waals surface area contributed by atoms with Gasteiger partial charge in [-0.25, -0.2) is 0 Å². The van der Waals surface area contributed by atoms with Crippen molar-refractivity contribution in [3.63, 3.8) is 0 Å². The molecule has 0 radical (unpaired) electrons. The quantitative estimate of drug-likeness (QED) is 0.163. The fraction of sp³-hybridized carbons (Fsp3) is 0.180. The number of hydrogen-bond donors (Lipinski definition) is 0. The summed E-state index contributed by atoms with van der Waals surface area (Å²) in [6, 6.07) is 55.9. The highest BCUT2D eigenvalue weighted by molar-refractivity contribution is 5.90. The number of anilines is 4. The van der Waals surface area contributed by atoms with Crippen molar-refractivity contribution in [3.8, 4) is 22.3 Å². The van der Waals surface area contributed by atoms with Crippen molar-refractivity contribution in [1.82, 2.24) is 0 Å². The number of aryl methyl sites for hydroxylation is 1. The topological polar surface area (TPSA) is 6.48 Å². The number of allylic oxidation sites excluding steroid dienone is 4. The minimum Gasteiger partial charge on any atom is -0.341 e. The predicted octanol–water partition coefficient (Wildman–Crippen LogP) is 15.1. The van der Waals surface area contributed by atoms with Crippen LogP contribution in [0.15, 0.2) is 175 Å². The molecule has 0 saturated heterocycles. The van der Waals surface area contributed by atoms with Crippen LogP contribution in [0.3, 0.4) is 0 Å². The molecule has 13 rings (SSSR count). The maximum atomic E-state index is 2.55. The van der Waals surface area contributed by atoms with E-state index in [9.17, 15) is 0 Å². The minimum absolute atomic E-state index is 0.0980. The van der Waals surface area contributed by atoms with Crippen LogP contribution >= 0.6 is 0 Å². The molecule has 7 aromatic carbocycles. The Labute approximate surface area is 371 Å². The van der Waals surface area contributed by atoms with E-state index in [0.29, 0.717) is 0 Å². The second-order valence-corrected chi connectivity index (χ2v) is 19.2. The monoisotopic (exact) mass is 810 g/mol. The molecule has 1 spiro atoms. The van der Waals surface area contributed by atoms with E-state index >= 15 is 0 Å². The summed E-state index contributed by atoms with van der Waals surface area (Å²) < 4.78 is 0. The molecule has 304 valence electrons. The van der Waals surface area contributed by atoms with E-state index in [-0.39, 0.29) is 10.8 Å². The van der Waals surface area contributed by atoms with E-state index < -0.39 is 0 Å². The maximum Gasteiger partial charge on any atom is 0.0534 e. The van der Waals surface area contributed by atoms with Gasteiger partial charge in [-0.05, 0) is 164 Å². The summed E-state index contributed by atoms with van der Waals surface area (Å²) in [6.45, 7) is 5.88. The Kier molecular flexibility index (Phi) is 8.04. The molecular weight excluding hydrogens is 761 g/mol. The molecule has 4 aliphatic carbocycles. The van der Waals surface area contributed by atoms with Crippen molar-refractivity contribution >= 4 is 41.0 Å². The van der Waals surface area contributed by atoms with E-state index in [2.05, 4.69) is 206 Å². The van der Waals surface area contributed by atoms with Gasteiger partial charge in [0.15, 0.2) is 0 Å². The zero-order valence-electron chi connectivity index (χ0n) is 36.2. The van der Waals surface area contributed by atoms with Gasteiger partial charge < -0.3 is 9.80 Å². The van der Waals surface area contributed by atoms with Gasteiger partial charge in [0.2, 0.25) is 0 Å². The van der Waals surface area contributed by atoms with Crippen molar-refractivity contribution in [2.45, 2.75) is 63.2 Å². The Morgan fingerprint density at radius 3 is 1.86 bits per heavy atom. The third-order valence-electron chi connectivity index (χ3n) is 15.4.